The van der Waals surface area contributed by atoms with Crippen molar-refractivity contribution in [3.8, 4) is 0 Å². The number of benzene rings is 3. The van der Waals surface area contributed by atoms with Gasteiger partial charge in [0.25, 0.3) is 5.69 Å². The van der Waals surface area contributed by atoms with Crippen molar-refractivity contribution in [1.82, 2.24) is 0 Å². The Morgan fingerprint density at radius 2 is 1.52 bits per heavy atom. The summed E-state index contributed by atoms with van der Waals surface area (Å²) < 4.78 is 5.03. The summed E-state index contributed by atoms with van der Waals surface area (Å²) in [7, 11) is 0. The molecule has 0 spiro atoms. The lowest BCUT2D eigenvalue weighted by Crippen LogP contribution is -2.24. The highest BCUT2D eigenvalue weighted by atomic mass is 16.6. The van der Waals surface area contributed by atoms with Crippen LogP contribution in [0.15, 0.2) is 60.7 Å². The van der Waals surface area contributed by atoms with E-state index in [1.165, 1.54) is 24.3 Å². The quantitative estimate of drug-likeness (QED) is 0.191. The molecule has 0 heterocycles. The Kier molecular flexibility index (Phi) is 5.66. The van der Waals surface area contributed by atoms with E-state index in [1.807, 2.05) is 6.92 Å². The Balaban J connectivity index is 1.65. The van der Waals surface area contributed by atoms with Crippen LogP contribution in [-0.4, -0.2) is 34.8 Å². The summed E-state index contributed by atoms with van der Waals surface area (Å²) in [5.74, 6) is -2.89. The lowest BCUT2D eigenvalue weighted by Gasteiger charge is -2.18. The zero-order valence-corrected chi connectivity index (χ0v) is 17.5. The Bertz CT molecular complexity index is 1340. The molecule has 3 aromatic rings. The molecule has 8 nitrogen and oxygen atoms in total. The smallest absolute Gasteiger partial charge is 0.345 e. The molecule has 164 valence electrons. The summed E-state index contributed by atoms with van der Waals surface area (Å²) in [6, 6.07) is 15.0. The second kappa shape index (κ2) is 8.58. The number of carbonyl (C=O) groups is 4. The number of nitrogens with zero attached hydrogens (tertiary/aromatic N) is 1. The Labute approximate surface area is 188 Å². The number of aryl methyl sites for hydroxylation is 1. The van der Waals surface area contributed by atoms with Crippen molar-refractivity contribution in [3.63, 3.8) is 0 Å². The molecule has 0 unspecified atom stereocenters. The van der Waals surface area contributed by atoms with Crippen LogP contribution in [0.25, 0.3) is 0 Å². The molecule has 33 heavy (non-hydrogen) atoms. The van der Waals surface area contributed by atoms with Gasteiger partial charge in [0.1, 0.15) is 11.1 Å². The molecule has 0 bridgehead atoms. The number of esters is 1. The predicted octanol–water partition coefficient (Wildman–Crippen LogP) is 3.97. The zero-order valence-electron chi connectivity index (χ0n) is 17.5. The molecule has 3 aromatic carbocycles. The number of hydrogen-bond acceptors (Lipinski definition) is 7. The van der Waals surface area contributed by atoms with Gasteiger partial charge in [-0.05, 0) is 24.1 Å². The fourth-order valence-electron chi connectivity index (χ4n) is 3.74. The highest BCUT2D eigenvalue weighted by Crippen LogP contribution is 2.35. The van der Waals surface area contributed by atoms with E-state index >= 15 is 0 Å². The number of rotatable bonds is 6. The second-order valence-corrected chi connectivity index (χ2v) is 7.40. The van der Waals surface area contributed by atoms with Gasteiger partial charge in [0, 0.05) is 22.3 Å². The summed E-state index contributed by atoms with van der Waals surface area (Å²) in [6.07, 6.45) is 0.803. The number of carbonyl (C=O) groups excluding carboxylic acids is 4. The molecule has 0 aromatic heterocycles. The third-order valence-corrected chi connectivity index (χ3v) is 5.49. The van der Waals surface area contributed by atoms with E-state index in [1.54, 1.807) is 30.3 Å². The zero-order chi connectivity index (χ0) is 23.7. The standard InChI is InChI=1S/C25H17NO7/c1-2-14-7-9-15(10-8-14)20(27)13-33-25(30)19-12-11-18-21(22(19)26(31)32)24(29)17-6-4-3-5-16(17)23(18)28/h3-12H,2,13H2,1H3. The maximum Gasteiger partial charge on any atom is 0.345 e. The highest BCUT2D eigenvalue weighted by Gasteiger charge is 2.39. The molecule has 0 saturated heterocycles. The maximum atomic E-state index is 13.0. The molecule has 0 radical (unpaired) electrons. The highest BCUT2D eigenvalue weighted by molar-refractivity contribution is 6.30. The summed E-state index contributed by atoms with van der Waals surface area (Å²) in [4.78, 5) is 61.8. The molecule has 1 aliphatic rings. The van der Waals surface area contributed by atoms with Crippen molar-refractivity contribution in [3.05, 3.63) is 110 Å². The topological polar surface area (TPSA) is 121 Å². The Hall–Kier alpha value is -4.46. The Morgan fingerprint density at radius 1 is 0.879 bits per heavy atom. The number of nitro benzene ring substituents is 1. The molecule has 1 aliphatic carbocycles. The van der Waals surface area contributed by atoms with Crippen LogP contribution in [0.4, 0.5) is 5.69 Å². The summed E-state index contributed by atoms with van der Waals surface area (Å²) in [6.45, 7) is 1.34. The van der Waals surface area contributed by atoms with Crippen LogP contribution in [0, 0.1) is 10.1 Å². The first-order valence-electron chi connectivity index (χ1n) is 10.1. The monoisotopic (exact) mass is 443 g/mol. The molecular formula is C25H17NO7. The van der Waals surface area contributed by atoms with E-state index in [0.717, 1.165) is 18.1 Å². The van der Waals surface area contributed by atoms with Gasteiger partial charge in [0.05, 0.1) is 4.92 Å². The fourth-order valence-corrected chi connectivity index (χ4v) is 3.74. The van der Waals surface area contributed by atoms with Gasteiger partial charge < -0.3 is 4.74 Å². The normalized spacial score (nSPS) is 12.0. The minimum absolute atomic E-state index is 0.0225. The van der Waals surface area contributed by atoms with Gasteiger partial charge in [-0.1, -0.05) is 55.5 Å². The molecule has 8 heteroatoms. The van der Waals surface area contributed by atoms with Crippen LogP contribution >= 0.6 is 0 Å². The first-order valence-corrected chi connectivity index (χ1v) is 10.1. The van der Waals surface area contributed by atoms with Gasteiger partial charge in [0.15, 0.2) is 18.2 Å². The van der Waals surface area contributed by atoms with Gasteiger partial charge in [-0.15, -0.1) is 0 Å². The van der Waals surface area contributed by atoms with Crippen molar-refractivity contribution >= 4 is 29.0 Å². The molecule has 4 rings (SSSR count). The molecular weight excluding hydrogens is 426 g/mol. The molecule has 0 N–H and O–H groups in total. The van der Waals surface area contributed by atoms with Crippen LogP contribution < -0.4 is 0 Å². The lowest BCUT2D eigenvalue weighted by atomic mass is 9.82. The van der Waals surface area contributed by atoms with Gasteiger partial charge in [0.2, 0.25) is 5.78 Å². The van der Waals surface area contributed by atoms with Gasteiger partial charge in [-0.3, -0.25) is 24.5 Å². The minimum atomic E-state index is -1.14. The number of ketones is 3. The van der Waals surface area contributed by atoms with Crippen LogP contribution in [0.1, 0.15) is 65.0 Å². The van der Waals surface area contributed by atoms with Crippen molar-refractivity contribution < 1.29 is 28.8 Å². The summed E-state index contributed by atoms with van der Waals surface area (Å²) >= 11 is 0. The van der Waals surface area contributed by atoms with Crippen LogP contribution in [0.2, 0.25) is 0 Å². The van der Waals surface area contributed by atoms with E-state index in [9.17, 15) is 29.3 Å². The van der Waals surface area contributed by atoms with E-state index in [4.69, 9.17) is 4.74 Å². The largest absolute Gasteiger partial charge is 0.454 e. The number of fused-ring (bicyclic) bond motifs is 2. The average molecular weight is 443 g/mol. The first-order chi connectivity index (χ1) is 15.8. The SMILES string of the molecule is CCc1ccc(C(=O)COC(=O)c2ccc3c(c2[N+](=O)[O-])C(=O)c2ccccc2C3=O)cc1. The third-order valence-electron chi connectivity index (χ3n) is 5.49. The van der Waals surface area contributed by atoms with Gasteiger partial charge in [-0.2, -0.15) is 0 Å². The first kappa shape index (κ1) is 21.8. The number of Topliss-reactive ketones (excluding diaryl/α,β-unsaturated/α-hetero) is 1. The van der Waals surface area contributed by atoms with Crippen molar-refractivity contribution in [2.45, 2.75) is 13.3 Å². The van der Waals surface area contributed by atoms with E-state index in [2.05, 4.69) is 0 Å². The van der Waals surface area contributed by atoms with Crippen LogP contribution in [-0.2, 0) is 11.2 Å². The predicted molar refractivity (Wildman–Crippen MR) is 117 cm³/mol. The van der Waals surface area contributed by atoms with E-state index in [-0.39, 0.29) is 16.7 Å². The molecule has 0 amide bonds. The molecule has 0 saturated carbocycles. The molecule has 0 atom stereocenters. The second-order valence-electron chi connectivity index (χ2n) is 7.40. The lowest BCUT2D eigenvalue weighted by molar-refractivity contribution is -0.385. The average Bonchev–Trinajstić information content (AvgIpc) is 2.84. The van der Waals surface area contributed by atoms with Crippen molar-refractivity contribution in [1.29, 1.82) is 0 Å². The number of nitro groups is 1. The minimum Gasteiger partial charge on any atom is -0.454 e. The summed E-state index contributed by atoms with van der Waals surface area (Å²) in [5.41, 5.74) is -0.410. The van der Waals surface area contributed by atoms with Crippen molar-refractivity contribution in [2.75, 3.05) is 6.61 Å². The third kappa shape index (κ3) is 3.82. The number of ether oxygens (including phenoxy) is 1. The van der Waals surface area contributed by atoms with Crippen molar-refractivity contribution in [2.24, 2.45) is 0 Å². The number of hydrogen-bond donors (Lipinski definition) is 0. The molecule has 0 fully saturated rings. The van der Waals surface area contributed by atoms with E-state index < -0.39 is 51.7 Å². The van der Waals surface area contributed by atoms with Gasteiger partial charge >= 0.3 is 5.97 Å². The Morgan fingerprint density at radius 3 is 2.12 bits per heavy atom. The molecule has 0 aliphatic heterocycles. The fraction of sp³-hybridized carbons (Fsp3) is 0.120. The van der Waals surface area contributed by atoms with E-state index in [0.29, 0.717) is 5.56 Å². The van der Waals surface area contributed by atoms with Crippen LogP contribution in [0.3, 0.4) is 0 Å². The maximum absolute atomic E-state index is 13.0. The van der Waals surface area contributed by atoms with Gasteiger partial charge in [-0.25, -0.2) is 4.79 Å². The van der Waals surface area contributed by atoms with Crippen LogP contribution in [0.5, 0.6) is 0 Å². The summed E-state index contributed by atoms with van der Waals surface area (Å²) in [5, 5.41) is 11.8.